The van der Waals surface area contributed by atoms with Crippen LogP contribution in [0, 0.1) is 0 Å². The molecule has 62 heavy (non-hydrogen) atoms. The van der Waals surface area contributed by atoms with Crippen LogP contribution in [0.15, 0.2) is 158 Å². The summed E-state index contributed by atoms with van der Waals surface area (Å²) in [5.74, 6) is 1.72. The number of carbonyl (C=O) groups is 1. The van der Waals surface area contributed by atoms with E-state index >= 15 is 0 Å². The lowest BCUT2D eigenvalue weighted by molar-refractivity contribution is 0.0600. The third kappa shape index (κ3) is 10.1. The van der Waals surface area contributed by atoms with Gasteiger partial charge in [0.15, 0.2) is 11.2 Å². The standard InChI is InChI=1S/C49H45N3O10/c1-56-49(55)36-13-9-10-33(28-36)32-60-48-46(54)41-15-5-6-16-43(41)62-47(48)35-17-19-38(20-18-35)59-27-26-57-25-23-52-31-37(50-51-52)14-7-8-24-58-39-21-22-40-42(53)30-44(61-45(40)29-39)34-11-3-2-4-12-34/h2-6,9-13,15-22,28-31,50-51H,7-8,14,23-27,32H2,1H3. The molecule has 13 nitrogen and oxygen atoms in total. The summed E-state index contributed by atoms with van der Waals surface area (Å²) < 4.78 is 40.9. The minimum absolute atomic E-state index is 0.0378. The van der Waals surface area contributed by atoms with Crippen molar-refractivity contribution in [2.24, 2.45) is 0 Å². The van der Waals surface area contributed by atoms with E-state index in [1.807, 2.05) is 53.7 Å². The maximum atomic E-state index is 13.6. The number of fused-ring (bicyclic) bond motifs is 2. The third-order valence-corrected chi connectivity index (χ3v) is 10.1. The Morgan fingerprint density at radius 3 is 2.34 bits per heavy atom. The van der Waals surface area contributed by atoms with Crippen LogP contribution in [0.25, 0.3) is 44.6 Å². The number of benzene rings is 5. The zero-order valence-electron chi connectivity index (χ0n) is 34.1. The van der Waals surface area contributed by atoms with Gasteiger partial charge >= 0.3 is 5.97 Å². The Bertz CT molecular complexity index is 2800. The van der Waals surface area contributed by atoms with Gasteiger partial charge in [0.05, 0.1) is 49.8 Å². The Kier molecular flexibility index (Phi) is 13.2. The van der Waals surface area contributed by atoms with Crippen molar-refractivity contribution in [3.05, 3.63) is 171 Å². The highest BCUT2D eigenvalue weighted by Crippen LogP contribution is 2.33. The van der Waals surface area contributed by atoms with E-state index in [1.165, 1.54) is 13.2 Å². The van der Waals surface area contributed by atoms with Gasteiger partial charge in [0, 0.05) is 35.2 Å². The molecule has 0 spiro atoms. The number of nitrogens with one attached hydrogen (secondary N) is 2. The molecule has 0 aliphatic carbocycles. The molecule has 0 saturated carbocycles. The van der Waals surface area contributed by atoms with Crippen LogP contribution in [-0.2, 0) is 16.1 Å². The van der Waals surface area contributed by atoms with Gasteiger partial charge in [0.25, 0.3) is 0 Å². The Hall–Kier alpha value is -7.35. The number of hydrogen-bond acceptors (Lipinski definition) is 13. The van der Waals surface area contributed by atoms with Gasteiger partial charge < -0.3 is 37.9 Å². The summed E-state index contributed by atoms with van der Waals surface area (Å²) in [6.07, 6.45) is 4.66. The van der Waals surface area contributed by atoms with Crippen LogP contribution >= 0.6 is 0 Å². The van der Waals surface area contributed by atoms with Crippen LogP contribution in [0.4, 0.5) is 0 Å². The van der Waals surface area contributed by atoms with Crippen LogP contribution in [0.5, 0.6) is 17.2 Å². The van der Waals surface area contributed by atoms with Crippen LogP contribution in [-0.4, -0.2) is 51.1 Å². The Labute approximate surface area is 357 Å². The molecule has 7 aromatic rings. The lowest BCUT2D eigenvalue weighted by atomic mass is 10.1. The largest absolute Gasteiger partial charge is 0.493 e. The number of nitrogens with zero attached hydrogens (tertiary/aromatic N) is 1. The fourth-order valence-electron chi connectivity index (χ4n) is 6.91. The number of unbranched alkanes of at least 4 members (excludes halogenated alkanes) is 1. The zero-order valence-corrected chi connectivity index (χ0v) is 34.1. The topological polar surface area (TPSA) is 151 Å². The van der Waals surface area contributed by atoms with E-state index in [0.29, 0.717) is 88.9 Å². The number of hydrazine groups is 2. The highest BCUT2D eigenvalue weighted by Gasteiger charge is 2.19. The highest BCUT2D eigenvalue weighted by atomic mass is 16.5. The molecular formula is C49H45N3O10. The van der Waals surface area contributed by atoms with E-state index in [9.17, 15) is 14.4 Å². The van der Waals surface area contributed by atoms with Gasteiger partial charge in [-0.25, -0.2) is 4.79 Å². The number of rotatable bonds is 19. The Morgan fingerprint density at radius 1 is 0.677 bits per heavy atom. The Morgan fingerprint density at radius 2 is 1.48 bits per heavy atom. The summed E-state index contributed by atoms with van der Waals surface area (Å²) in [6.45, 7) is 2.44. The van der Waals surface area contributed by atoms with Crippen LogP contribution in [0.1, 0.15) is 35.2 Å². The smallest absolute Gasteiger partial charge is 0.337 e. The second-order valence-corrected chi connectivity index (χ2v) is 14.4. The number of esters is 1. The zero-order chi connectivity index (χ0) is 42.7. The molecule has 8 rings (SSSR count). The minimum Gasteiger partial charge on any atom is -0.493 e. The van der Waals surface area contributed by atoms with Crippen LogP contribution in [0.2, 0.25) is 0 Å². The first kappa shape index (κ1) is 41.4. The van der Waals surface area contributed by atoms with Gasteiger partial charge in [-0.1, -0.05) is 54.6 Å². The number of ether oxygens (including phenoxy) is 5. The van der Waals surface area contributed by atoms with E-state index in [1.54, 1.807) is 78.9 Å². The molecular weight excluding hydrogens is 791 g/mol. The molecule has 0 saturated heterocycles. The number of hydrogen-bond donors (Lipinski definition) is 2. The maximum absolute atomic E-state index is 13.6. The number of methoxy groups -OCH3 is 1. The monoisotopic (exact) mass is 835 g/mol. The van der Waals surface area contributed by atoms with Gasteiger partial charge in [-0.05, 0) is 85.5 Å². The Balaban J connectivity index is 0.756. The highest BCUT2D eigenvalue weighted by molar-refractivity contribution is 5.89. The first-order valence-electron chi connectivity index (χ1n) is 20.3. The number of para-hydroxylation sites is 1. The van der Waals surface area contributed by atoms with Gasteiger partial charge in [0.1, 0.15) is 41.6 Å². The van der Waals surface area contributed by atoms with E-state index in [-0.39, 0.29) is 29.0 Å². The van der Waals surface area contributed by atoms with Crippen LogP contribution in [0.3, 0.4) is 0 Å². The molecule has 316 valence electrons. The predicted molar refractivity (Wildman–Crippen MR) is 235 cm³/mol. The van der Waals surface area contributed by atoms with Crippen LogP contribution < -0.4 is 36.0 Å². The van der Waals surface area contributed by atoms with Crippen molar-refractivity contribution < 1.29 is 37.3 Å². The van der Waals surface area contributed by atoms with Crippen molar-refractivity contribution in [3.8, 4) is 39.9 Å². The summed E-state index contributed by atoms with van der Waals surface area (Å²) in [7, 11) is 1.32. The molecule has 1 aliphatic heterocycles. The molecule has 3 heterocycles. The molecule has 0 amide bonds. The molecule has 0 radical (unpaired) electrons. The van der Waals surface area contributed by atoms with E-state index < -0.39 is 5.97 Å². The fraction of sp³-hybridized carbons (Fsp3) is 0.204. The number of allylic oxidation sites excluding steroid dienone is 1. The quantitative estimate of drug-likeness (QED) is 0.0593. The molecule has 0 bridgehead atoms. The molecule has 0 atom stereocenters. The van der Waals surface area contributed by atoms with E-state index in [2.05, 4.69) is 11.0 Å². The second kappa shape index (κ2) is 19.8. The average molecular weight is 836 g/mol. The molecule has 0 unspecified atom stereocenters. The lowest BCUT2D eigenvalue weighted by Crippen LogP contribution is -2.38. The van der Waals surface area contributed by atoms with Gasteiger partial charge in [0.2, 0.25) is 11.2 Å². The van der Waals surface area contributed by atoms with Crippen molar-refractivity contribution in [2.75, 3.05) is 40.1 Å². The predicted octanol–water partition coefficient (Wildman–Crippen LogP) is 8.41. The third-order valence-electron chi connectivity index (χ3n) is 10.1. The number of carbonyl (C=O) groups excluding carboxylic acids is 1. The second-order valence-electron chi connectivity index (χ2n) is 14.4. The first-order valence-corrected chi connectivity index (χ1v) is 20.3. The molecule has 2 N–H and O–H groups in total. The summed E-state index contributed by atoms with van der Waals surface area (Å²) >= 11 is 0. The molecule has 0 fully saturated rings. The van der Waals surface area contributed by atoms with Gasteiger partial charge in [-0.15, -0.1) is 5.53 Å². The molecule has 2 aromatic heterocycles. The maximum Gasteiger partial charge on any atom is 0.337 e. The summed E-state index contributed by atoms with van der Waals surface area (Å²) in [6, 6.07) is 37.5. The van der Waals surface area contributed by atoms with Crippen molar-refractivity contribution in [1.82, 2.24) is 16.0 Å². The SMILES string of the molecule is COC(=O)c1cccc(COc2c(-c3ccc(OCCOCCN4C=C(CCCCOc5ccc6c(=O)cc(-c7ccccc7)oc6c5)NN4)cc3)oc3ccccc3c2=O)c1. The fourth-order valence-corrected chi connectivity index (χ4v) is 6.91. The molecule has 13 heteroatoms. The van der Waals surface area contributed by atoms with Gasteiger partial charge in [-0.3, -0.25) is 14.6 Å². The van der Waals surface area contributed by atoms with Crippen molar-refractivity contribution in [1.29, 1.82) is 0 Å². The molecule has 5 aromatic carbocycles. The lowest BCUT2D eigenvalue weighted by Gasteiger charge is -2.15. The van der Waals surface area contributed by atoms with Crippen molar-refractivity contribution >= 4 is 27.9 Å². The van der Waals surface area contributed by atoms with Gasteiger partial charge in [-0.2, -0.15) is 0 Å². The minimum atomic E-state index is -0.459. The first-order chi connectivity index (χ1) is 30.4. The van der Waals surface area contributed by atoms with E-state index in [0.717, 1.165) is 30.5 Å². The summed E-state index contributed by atoms with van der Waals surface area (Å²) in [5.41, 5.74) is 10.5. The molecule has 1 aliphatic rings. The average Bonchev–Trinajstić information content (AvgIpc) is 3.77. The van der Waals surface area contributed by atoms with Crippen molar-refractivity contribution in [2.45, 2.75) is 25.9 Å². The van der Waals surface area contributed by atoms with E-state index in [4.69, 9.17) is 32.5 Å². The van der Waals surface area contributed by atoms with Crippen molar-refractivity contribution in [3.63, 3.8) is 0 Å². The summed E-state index contributed by atoms with van der Waals surface area (Å²) in [4.78, 5) is 38.3. The summed E-state index contributed by atoms with van der Waals surface area (Å²) in [5, 5.41) is 2.87. The normalized spacial score (nSPS) is 12.3.